The standard InChI is InChI=1S/C18H19N3O2/c1-13-11-18(21-23-13,15-7-3-2-4-8-15)17(22)20-12-14-6-5-9-16(19)10-14/h2-11,21H,12,19H2,1H3,(H,20,22). The van der Waals surface area contributed by atoms with Crippen LogP contribution in [0.3, 0.4) is 0 Å². The molecule has 1 atom stereocenters. The fourth-order valence-corrected chi connectivity index (χ4v) is 2.64. The normalized spacial score (nSPS) is 19.8. The van der Waals surface area contributed by atoms with E-state index in [1.807, 2.05) is 61.5 Å². The number of hydrogen-bond donors (Lipinski definition) is 3. The molecule has 2 aromatic carbocycles. The van der Waals surface area contributed by atoms with E-state index in [2.05, 4.69) is 10.8 Å². The van der Waals surface area contributed by atoms with Crippen LogP contribution in [0.4, 0.5) is 5.69 Å². The van der Waals surface area contributed by atoms with Crippen molar-refractivity contribution in [2.75, 3.05) is 5.73 Å². The number of nitrogens with two attached hydrogens (primary N) is 1. The van der Waals surface area contributed by atoms with E-state index in [1.165, 1.54) is 0 Å². The highest BCUT2D eigenvalue weighted by Crippen LogP contribution is 2.29. The molecule has 5 nitrogen and oxygen atoms in total. The topological polar surface area (TPSA) is 76.4 Å². The van der Waals surface area contributed by atoms with Crippen molar-refractivity contribution in [1.82, 2.24) is 10.8 Å². The summed E-state index contributed by atoms with van der Waals surface area (Å²) in [7, 11) is 0. The second kappa shape index (κ2) is 6.14. The molecule has 4 N–H and O–H groups in total. The SMILES string of the molecule is CC1=CC(C(=O)NCc2cccc(N)c2)(c2ccccc2)NO1. The van der Waals surface area contributed by atoms with E-state index in [0.29, 0.717) is 18.0 Å². The van der Waals surface area contributed by atoms with Gasteiger partial charge in [0.15, 0.2) is 5.54 Å². The van der Waals surface area contributed by atoms with Crippen LogP contribution >= 0.6 is 0 Å². The van der Waals surface area contributed by atoms with E-state index in [0.717, 1.165) is 11.1 Å². The molecule has 0 fully saturated rings. The second-order valence-corrected chi connectivity index (χ2v) is 5.56. The van der Waals surface area contributed by atoms with Crippen LogP contribution in [0.2, 0.25) is 0 Å². The van der Waals surface area contributed by atoms with Crippen molar-refractivity contribution in [3.8, 4) is 0 Å². The molecule has 1 aliphatic heterocycles. The van der Waals surface area contributed by atoms with Crippen LogP contribution in [0.1, 0.15) is 18.1 Å². The van der Waals surface area contributed by atoms with Gasteiger partial charge in [0, 0.05) is 12.2 Å². The van der Waals surface area contributed by atoms with Gasteiger partial charge >= 0.3 is 0 Å². The van der Waals surface area contributed by atoms with Crippen LogP contribution in [0.25, 0.3) is 0 Å². The number of nitrogen functional groups attached to an aromatic ring is 1. The summed E-state index contributed by atoms with van der Waals surface area (Å²) in [5.41, 5.74) is 10.0. The van der Waals surface area contributed by atoms with E-state index >= 15 is 0 Å². The van der Waals surface area contributed by atoms with Gasteiger partial charge in [-0.2, -0.15) is 0 Å². The molecule has 1 aliphatic rings. The molecule has 0 spiro atoms. The van der Waals surface area contributed by atoms with Crippen LogP contribution in [0.15, 0.2) is 66.4 Å². The molecule has 2 aromatic rings. The Kier molecular flexibility index (Phi) is 4.04. The largest absolute Gasteiger partial charge is 0.412 e. The summed E-state index contributed by atoms with van der Waals surface area (Å²) >= 11 is 0. The minimum absolute atomic E-state index is 0.178. The fraction of sp³-hybridized carbons (Fsp3) is 0.167. The summed E-state index contributed by atoms with van der Waals surface area (Å²) in [6.07, 6.45) is 1.79. The van der Waals surface area contributed by atoms with Gasteiger partial charge < -0.3 is 15.9 Å². The summed E-state index contributed by atoms with van der Waals surface area (Å²) in [5.74, 6) is 0.482. The van der Waals surface area contributed by atoms with E-state index in [9.17, 15) is 4.79 Å². The monoisotopic (exact) mass is 309 g/mol. The Hall–Kier alpha value is -2.79. The van der Waals surface area contributed by atoms with Gasteiger partial charge in [0.25, 0.3) is 5.91 Å². The summed E-state index contributed by atoms with van der Waals surface area (Å²) in [4.78, 5) is 18.2. The van der Waals surface area contributed by atoms with Gasteiger partial charge in [0.1, 0.15) is 5.76 Å². The molecule has 1 amide bonds. The maximum absolute atomic E-state index is 12.8. The van der Waals surface area contributed by atoms with Crippen molar-refractivity contribution in [2.45, 2.75) is 19.0 Å². The van der Waals surface area contributed by atoms with Crippen LogP contribution in [0, 0.1) is 0 Å². The van der Waals surface area contributed by atoms with Crippen molar-refractivity contribution in [3.63, 3.8) is 0 Å². The van der Waals surface area contributed by atoms with E-state index in [-0.39, 0.29) is 5.91 Å². The van der Waals surface area contributed by atoms with Gasteiger partial charge in [0.05, 0.1) is 0 Å². The molecule has 1 unspecified atom stereocenters. The third-order valence-electron chi connectivity index (χ3n) is 3.78. The molecule has 0 saturated heterocycles. The molecule has 5 heteroatoms. The predicted octanol–water partition coefficient (Wildman–Crippen LogP) is 2.22. The van der Waals surface area contributed by atoms with Gasteiger partial charge in [-0.25, -0.2) is 0 Å². The number of hydroxylamine groups is 1. The van der Waals surface area contributed by atoms with Crippen LogP contribution in [-0.2, 0) is 21.7 Å². The second-order valence-electron chi connectivity index (χ2n) is 5.56. The first kappa shape index (κ1) is 15.1. The highest BCUT2D eigenvalue weighted by atomic mass is 16.7. The van der Waals surface area contributed by atoms with Crippen molar-refractivity contribution < 1.29 is 9.63 Å². The maximum atomic E-state index is 12.8. The zero-order valence-electron chi connectivity index (χ0n) is 12.9. The van der Waals surface area contributed by atoms with E-state index in [4.69, 9.17) is 10.6 Å². The van der Waals surface area contributed by atoms with Gasteiger partial charge in [0.2, 0.25) is 0 Å². The Morgan fingerprint density at radius 3 is 2.65 bits per heavy atom. The molecule has 3 rings (SSSR count). The molecule has 0 bridgehead atoms. The predicted molar refractivity (Wildman–Crippen MR) is 88.8 cm³/mol. The number of benzene rings is 2. The minimum atomic E-state index is -1.02. The number of carbonyl (C=O) groups excluding carboxylic acids is 1. The average Bonchev–Trinajstić information content (AvgIpc) is 2.97. The Balaban J connectivity index is 1.82. The highest BCUT2D eigenvalue weighted by Gasteiger charge is 2.42. The first-order valence-corrected chi connectivity index (χ1v) is 7.42. The first-order chi connectivity index (χ1) is 11.1. The Morgan fingerprint density at radius 1 is 1.22 bits per heavy atom. The average molecular weight is 309 g/mol. The number of carbonyl (C=O) groups is 1. The van der Waals surface area contributed by atoms with Gasteiger partial charge in [-0.05, 0) is 36.3 Å². The maximum Gasteiger partial charge on any atom is 0.252 e. The highest BCUT2D eigenvalue weighted by molar-refractivity contribution is 5.90. The van der Waals surface area contributed by atoms with Crippen LogP contribution < -0.4 is 16.5 Å². The lowest BCUT2D eigenvalue weighted by Crippen LogP contribution is -2.50. The third-order valence-corrected chi connectivity index (χ3v) is 3.78. The van der Waals surface area contributed by atoms with E-state index in [1.54, 1.807) is 6.08 Å². The van der Waals surface area contributed by atoms with Gasteiger partial charge in [-0.3, -0.25) is 4.79 Å². The Labute approximate surface area is 135 Å². The smallest absolute Gasteiger partial charge is 0.252 e. The molecular formula is C18H19N3O2. The molecule has 118 valence electrons. The number of anilines is 1. The van der Waals surface area contributed by atoms with Crippen molar-refractivity contribution >= 4 is 11.6 Å². The molecule has 1 heterocycles. The number of nitrogens with one attached hydrogen (secondary N) is 2. The van der Waals surface area contributed by atoms with Crippen molar-refractivity contribution in [2.24, 2.45) is 0 Å². The van der Waals surface area contributed by atoms with Gasteiger partial charge in [-0.15, -0.1) is 5.48 Å². The molecule has 23 heavy (non-hydrogen) atoms. The van der Waals surface area contributed by atoms with Crippen molar-refractivity contribution in [3.05, 3.63) is 77.6 Å². The third kappa shape index (κ3) is 3.05. The number of amides is 1. The molecule has 0 radical (unpaired) electrons. The zero-order valence-corrected chi connectivity index (χ0v) is 12.9. The lowest BCUT2D eigenvalue weighted by Gasteiger charge is -2.25. The summed E-state index contributed by atoms with van der Waals surface area (Å²) in [5, 5.41) is 2.95. The summed E-state index contributed by atoms with van der Waals surface area (Å²) in [6.45, 7) is 2.20. The number of allylic oxidation sites excluding steroid dienone is 1. The zero-order chi connectivity index (χ0) is 16.3. The number of rotatable bonds is 4. The van der Waals surface area contributed by atoms with Crippen LogP contribution in [-0.4, -0.2) is 5.91 Å². The molecule has 0 saturated carbocycles. The molecule has 0 aliphatic carbocycles. The van der Waals surface area contributed by atoms with Gasteiger partial charge in [-0.1, -0.05) is 42.5 Å². The molecular weight excluding hydrogens is 290 g/mol. The van der Waals surface area contributed by atoms with Crippen molar-refractivity contribution in [1.29, 1.82) is 0 Å². The lowest BCUT2D eigenvalue weighted by molar-refractivity contribution is -0.129. The Bertz CT molecular complexity index is 743. The van der Waals surface area contributed by atoms with E-state index < -0.39 is 5.54 Å². The fourth-order valence-electron chi connectivity index (χ4n) is 2.64. The van der Waals surface area contributed by atoms with Crippen LogP contribution in [0.5, 0.6) is 0 Å². The first-order valence-electron chi connectivity index (χ1n) is 7.42. The Morgan fingerprint density at radius 2 is 2.00 bits per heavy atom. The molecule has 0 aromatic heterocycles. The minimum Gasteiger partial charge on any atom is -0.412 e. The summed E-state index contributed by atoms with van der Waals surface area (Å²) in [6, 6.07) is 16.9. The quantitative estimate of drug-likeness (QED) is 0.757. The number of hydrogen-bond acceptors (Lipinski definition) is 4. The lowest BCUT2D eigenvalue weighted by atomic mass is 9.89. The summed E-state index contributed by atoms with van der Waals surface area (Å²) < 4.78 is 0.